The molecule has 0 bridgehead atoms. The molecule has 1 nitrogen and oxygen atoms in total. The fourth-order valence-electron chi connectivity index (χ4n) is 1.60. The van der Waals surface area contributed by atoms with E-state index in [0.29, 0.717) is 5.15 Å². The number of halogens is 1. The predicted octanol–water partition coefficient (Wildman–Crippen LogP) is 4.22. The number of aromatic nitrogens is 1. The average Bonchev–Trinajstić information content (AvgIpc) is 2.33. The molecule has 0 atom stereocenters. The summed E-state index contributed by atoms with van der Waals surface area (Å²) in [5.74, 6) is 0.857. The van der Waals surface area contributed by atoms with Crippen molar-refractivity contribution in [2.24, 2.45) is 0 Å². The van der Waals surface area contributed by atoms with Crippen LogP contribution in [0.5, 0.6) is 0 Å². The van der Waals surface area contributed by atoms with Crippen LogP contribution in [0.1, 0.15) is 12.0 Å². The fraction of sp³-hybridized carbons (Fsp3) is 0.154. The van der Waals surface area contributed by atoms with Crippen LogP contribution in [0.15, 0.2) is 36.5 Å². The minimum Gasteiger partial charge on any atom is -0.243 e. The maximum Gasteiger partial charge on any atom is 0.136 e. The average molecular weight is 250 g/mol. The number of benzene rings is 1. The highest BCUT2D eigenvalue weighted by Gasteiger charge is 2.02. The summed E-state index contributed by atoms with van der Waals surface area (Å²) in [4.78, 5) is 4.18. The van der Waals surface area contributed by atoms with Gasteiger partial charge in [-0.2, -0.15) is 12.6 Å². The Balaban J connectivity index is 2.50. The standard InChI is InChI=1S/C13H12ClNS/c14-13-12-7-2-1-6-11(12)10(9-15-13)5-3-4-8-16/h1-3,5-7,9,16H,4,8H2. The van der Waals surface area contributed by atoms with Gasteiger partial charge >= 0.3 is 0 Å². The number of rotatable bonds is 3. The molecule has 2 aromatic rings. The first-order valence-corrected chi connectivity index (χ1v) is 6.14. The summed E-state index contributed by atoms with van der Waals surface area (Å²) in [5.41, 5.74) is 1.10. The van der Waals surface area contributed by atoms with E-state index in [2.05, 4.69) is 35.8 Å². The summed E-state index contributed by atoms with van der Waals surface area (Å²) in [6.45, 7) is 0. The van der Waals surface area contributed by atoms with E-state index in [-0.39, 0.29) is 0 Å². The molecule has 0 saturated carbocycles. The van der Waals surface area contributed by atoms with Crippen LogP contribution in [0, 0.1) is 0 Å². The van der Waals surface area contributed by atoms with Crippen molar-refractivity contribution < 1.29 is 0 Å². The van der Waals surface area contributed by atoms with Crippen molar-refractivity contribution in [1.29, 1.82) is 0 Å². The van der Waals surface area contributed by atoms with Gasteiger partial charge in [0.25, 0.3) is 0 Å². The summed E-state index contributed by atoms with van der Waals surface area (Å²) in [6, 6.07) is 8.02. The maximum absolute atomic E-state index is 6.04. The van der Waals surface area contributed by atoms with Gasteiger partial charge in [0.15, 0.2) is 0 Å². The normalized spacial score (nSPS) is 11.4. The smallest absolute Gasteiger partial charge is 0.136 e. The van der Waals surface area contributed by atoms with Crippen LogP contribution in [0.4, 0.5) is 0 Å². The third-order valence-electron chi connectivity index (χ3n) is 2.37. The SMILES string of the molecule is SCCC=Cc1cnc(Cl)c2ccccc12. The van der Waals surface area contributed by atoms with Crippen molar-refractivity contribution in [2.45, 2.75) is 6.42 Å². The Morgan fingerprint density at radius 1 is 1.25 bits per heavy atom. The first kappa shape index (κ1) is 11.5. The van der Waals surface area contributed by atoms with E-state index in [9.17, 15) is 0 Å². The summed E-state index contributed by atoms with van der Waals surface area (Å²) in [7, 11) is 0. The first-order valence-electron chi connectivity index (χ1n) is 5.13. The van der Waals surface area contributed by atoms with Crippen LogP contribution in [0.2, 0.25) is 5.15 Å². The van der Waals surface area contributed by atoms with Crippen LogP contribution in [0.3, 0.4) is 0 Å². The molecule has 0 aliphatic rings. The number of thiol groups is 1. The zero-order chi connectivity index (χ0) is 11.4. The van der Waals surface area contributed by atoms with Crippen LogP contribution in [-0.2, 0) is 0 Å². The van der Waals surface area contributed by atoms with E-state index in [1.54, 1.807) is 6.20 Å². The highest BCUT2D eigenvalue weighted by atomic mass is 35.5. The van der Waals surface area contributed by atoms with Crippen molar-refractivity contribution in [3.63, 3.8) is 0 Å². The Hall–Kier alpha value is -0.990. The molecule has 1 aromatic heterocycles. The summed E-state index contributed by atoms with van der Waals surface area (Å²) < 4.78 is 0. The molecule has 0 fully saturated rings. The lowest BCUT2D eigenvalue weighted by atomic mass is 10.1. The first-order chi connectivity index (χ1) is 7.83. The van der Waals surface area contributed by atoms with E-state index in [0.717, 1.165) is 28.5 Å². The number of fused-ring (bicyclic) bond motifs is 1. The molecule has 0 N–H and O–H groups in total. The Morgan fingerprint density at radius 3 is 2.75 bits per heavy atom. The molecule has 1 heterocycles. The van der Waals surface area contributed by atoms with E-state index >= 15 is 0 Å². The van der Waals surface area contributed by atoms with Crippen molar-refractivity contribution in [3.05, 3.63) is 47.3 Å². The maximum atomic E-state index is 6.04. The summed E-state index contributed by atoms with van der Waals surface area (Å²) in [5, 5.41) is 2.69. The second kappa shape index (κ2) is 5.37. The van der Waals surface area contributed by atoms with Crippen molar-refractivity contribution >= 4 is 41.1 Å². The number of hydrogen-bond acceptors (Lipinski definition) is 2. The minimum absolute atomic E-state index is 0.557. The summed E-state index contributed by atoms with van der Waals surface area (Å²) in [6.07, 6.45) is 6.94. The Bertz CT molecular complexity index is 522. The molecule has 82 valence electrons. The van der Waals surface area contributed by atoms with E-state index < -0.39 is 0 Å². The predicted molar refractivity (Wildman–Crippen MR) is 74.3 cm³/mol. The van der Waals surface area contributed by atoms with Gasteiger partial charge in [0, 0.05) is 17.1 Å². The van der Waals surface area contributed by atoms with Crippen molar-refractivity contribution in [3.8, 4) is 0 Å². The highest BCUT2D eigenvalue weighted by Crippen LogP contribution is 2.24. The summed E-state index contributed by atoms with van der Waals surface area (Å²) >= 11 is 10.2. The van der Waals surface area contributed by atoms with E-state index in [4.69, 9.17) is 11.6 Å². The lowest BCUT2D eigenvalue weighted by Gasteiger charge is -2.03. The highest BCUT2D eigenvalue weighted by molar-refractivity contribution is 7.80. The van der Waals surface area contributed by atoms with Crippen molar-refractivity contribution in [1.82, 2.24) is 4.98 Å². The van der Waals surface area contributed by atoms with E-state index in [1.807, 2.05) is 18.2 Å². The molecule has 1 aromatic carbocycles. The van der Waals surface area contributed by atoms with Crippen LogP contribution < -0.4 is 0 Å². The van der Waals surface area contributed by atoms with Crippen molar-refractivity contribution in [2.75, 3.05) is 5.75 Å². The van der Waals surface area contributed by atoms with Gasteiger partial charge in [-0.05, 0) is 17.6 Å². The largest absolute Gasteiger partial charge is 0.243 e. The Labute approximate surface area is 106 Å². The second-order valence-electron chi connectivity index (χ2n) is 3.46. The molecule has 0 spiro atoms. The quantitative estimate of drug-likeness (QED) is 0.635. The zero-order valence-electron chi connectivity index (χ0n) is 8.73. The van der Waals surface area contributed by atoms with Gasteiger partial charge in [-0.1, -0.05) is 48.0 Å². The third kappa shape index (κ3) is 2.39. The molecule has 2 rings (SSSR count). The van der Waals surface area contributed by atoms with Gasteiger partial charge in [-0.25, -0.2) is 4.98 Å². The number of pyridine rings is 1. The second-order valence-corrected chi connectivity index (χ2v) is 4.27. The molecular formula is C13H12ClNS. The Morgan fingerprint density at radius 2 is 2.00 bits per heavy atom. The van der Waals surface area contributed by atoms with Crippen LogP contribution >= 0.6 is 24.2 Å². The van der Waals surface area contributed by atoms with Gasteiger partial charge in [0.2, 0.25) is 0 Å². The molecule has 0 aliphatic carbocycles. The molecule has 0 unspecified atom stereocenters. The van der Waals surface area contributed by atoms with Gasteiger partial charge < -0.3 is 0 Å². The lowest BCUT2D eigenvalue weighted by Crippen LogP contribution is -1.83. The number of nitrogens with zero attached hydrogens (tertiary/aromatic N) is 1. The number of hydrogen-bond donors (Lipinski definition) is 1. The molecule has 16 heavy (non-hydrogen) atoms. The molecule has 0 aliphatic heterocycles. The minimum atomic E-state index is 0.557. The van der Waals surface area contributed by atoms with Gasteiger partial charge in [0.05, 0.1) is 0 Å². The number of allylic oxidation sites excluding steroid dienone is 1. The monoisotopic (exact) mass is 249 g/mol. The zero-order valence-corrected chi connectivity index (χ0v) is 10.4. The molecular weight excluding hydrogens is 238 g/mol. The van der Waals surface area contributed by atoms with Crippen LogP contribution in [-0.4, -0.2) is 10.7 Å². The fourth-order valence-corrected chi connectivity index (χ4v) is 1.96. The van der Waals surface area contributed by atoms with Crippen LogP contribution in [0.25, 0.3) is 16.8 Å². The molecule has 0 radical (unpaired) electrons. The third-order valence-corrected chi connectivity index (χ3v) is 2.93. The van der Waals surface area contributed by atoms with E-state index in [1.165, 1.54) is 0 Å². The topological polar surface area (TPSA) is 12.9 Å². The Kier molecular flexibility index (Phi) is 3.86. The molecule has 0 amide bonds. The van der Waals surface area contributed by atoms with Gasteiger partial charge in [-0.15, -0.1) is 0 Å². The molecule has 3 heteroatoms. The molecule has 0 saturated heterocycles. The van der Waals surface area contributed by atoms with Gasteiger partial charge in [0.1, 0.15) is 5.15 Å². The van der Waals surface area contributed by atoms with Gasteiger partial charge in [-0.3, -0.25) is 0 Å². The lowest BCUT2D eigenvalue weighted by molar-refractivity contribution is 1.26.